The van der Waals surface area contributed by atoms with E-state index < -0.39 is 0 Å². The predicted octanol–water partition coefficient (Wildman–Crippen LogP) is 2.82. The molecule has 2 nitrogen and oxygen atoms in total. The van der Waals surface area contributed by atoms with E-state index in [-0.39, 0.29) is 0 Å². The Balaban J connectivity index is 1.94. The minimum atomic E-state index is 0.736. The standard InChI is InChI=1S/C12H13NO/c1-7-10-4-3-9(5-11(7)10)12-6-14-8(2)13-12/h3-7,10-11H,1-2H3. The van der Waals surface area contributed by atoms with E-state index >= 15 is 0 Å². The molecule has 1 saturated carbocycles. The van der Waals surface area contributed by atoms with Gasteiger partial charge in [-0.1, -0.05) is 25.2 Å². The van der Waals surface area contributed by atoms with Crippen LogP contribution in [0.5, 0.6) is 0 Å². The van der Waals surface area contributed by atoms with E-state index in [4.69, 9.17) is 4.42 Å². The minimum absolute atomic E-state index is 0.736. The van der Waals surface area contributed by atoms with Crippen LogP contribution in [-0.4, -0.2) is 4.98 Å². The van der Waals surface area contributed by atoms with E-state index in [0.717, 1.165) is 29.3 Å². The first-order valence-corrected chi connectivity index (χ1v) is 5.08. The van der Waals surface area contributed by atoms with Crippen molar-refractivity contribution in [1.82, 2.24) is 4.98 Å². The van der Waals surface area contributed by atoms with Crippen molar-refractivity contribution in [3.05, 3.63) is 36.1 Å². The Bertz CT molecular complexity index is 427. The van der Waals surface area contributed by atoms with Crippen molar-refractivity contribution in [2.75, 3.05) is 0 Å². The molecule has 14 heavy (non-hydrogen) atoms. The first kappa shape index (κ1) is 8.04. The highest BCUT2D eigenvalue weighted by Crippen LogP contribution is 2.51. The van der Waals surface area contributed by atoms with Crippen molar-refractivity contribution in [2.24, 2.45) is 17.8 Å². The number of nitrogens with zero attached hydrogens (tertiary/aromatic N) is 1. The average molecular weight is 187 g/mol. The van der Waals surface area contributed by atoms with Crippen molar-refractivity contribution in [3.63, 3.8) is 0 Å². The Morgan fingerprint density at radius 2 is 2.21 bits per heavy atom. The van der Waals surface area contributed by atoms with Gasteiger partial charge in [0.15, 0.2) is 5.89 Å². The number of rotatable bonds is 1. The fourth-order valence-corrected chi connectivity index (χ4v) is 2.24. The van der Waals surface area contributed by atoms with E-state index in [1.165, 1.54) is 5.57 Å². The summed E-state index contributed by atoms with van der Waals surface area (Å²) in [6.45, 7) is 4.17. The van der Waals surface area contributed by atoms with Crippen LogP contribution >= 0.6 is 0 Å². The molecule has 2 aliphatic rings. The van der Waals surface area contributed by atoms with Gasteiger partial charge >= 0.3 is 0 Å². The van der Waals surface area contributed by atoms with E-state index in [1.54, 1.807) is 6.26 Å². The fraction of sp³-hybridized carbons (Fsp3) is 0.417. The highest BCUT2D eigenvalue weighted by molar-refractivity contribution is 5.73. The van der Waals surface area contributed by atoms with Crippen LogP contribution < -0.4 is 0 Å². The quantitative estimate of drug-likeness (QED) is 0.675. The molecule has 1 fully saturated rings. The van der Waals surface area contributed by atoms with Crippen molar-refractivity contribution in [1.29, 1.82) is 0 Å². The second-order valence-electron chi connectivity index (χ2n) is 4.25. The molecule has 0 aromatic carbocycles. The maximum atomic E-state index is 5.21. The Kier molecular flexibility index (Phi) is 1.49. The summed E-state index contributed by atoms with van der Waals surface area (Å²) >= 11 is 0. The van der Waals surface area contributed by atoms with Crippen molar-refractivity contribution in [2.45, 2.75) is 13.8 Å². The van der Waals surface area contributed by atoms with Crippen molar-refractivity contribution < 1.29 is 4.42 Å². The van der Waals surface area contributed by atoms with Gasteiger partial charge in [-0.15, -0.1) is 0 Å². The molecule has 0 saturated heterocycles. The van der Waals surface area contributed by atoms with Gasteiger partial charge in [0.25, 0.3) is 0 Å². The second kappa shape index (κ2) is 2.59. The summed E-state index contributed by atoms with van der Waals surface area (Å²) in [5, 5.41) is 0. The highest BCUT2D eigenvalue weighted by atomic mass is 16.3. The molecule has 0 spiro atoms. The van der Waals surface area contributed by atoms with Gasteiger partial charge < -0.3 is 4.42 Å². The molecule has 1 aromatic rings. The smallest absolute Gasteiger partial charge is 0.191 e. The van der Waals surface area contributed by atoms with Crippen LogP contribution in [-0.2, 0) is 0 Å². The summed E-state index contributed by atoms with van der Waals surface area (Å²) in [4.78, 5) is 4.33. The average Bonchev–Trinajstić information content (AvgIpc) is 2.64. The molecule has 0 bridgehead atoms. The molecular formula is C12H13NO. The molecule has 2 heteroatoms. The molecule has 72 valence electrons. The summed E-state index contributed by atoms with van der Waals surface area (Å²) < 4.78 is 5.21. The van der Waals surface area contributed by atoms with Gasteiger partial charge in [0.2, 0.25) is 0 Å². The summed E-state index contributed by atoms with van der Waals surface area (Å²) in [6.07, 6.45) is 8.53. The van der Waals surface area contributed by atoms with Gasteiger partial charge in [0, 0.05) is 6.92 Å². The SMILES string of the molecule is Cc1nc(C2=CC3C(C)C3C=C2)co1. The predicted molar refractivity (Wildman–Crippen MR) is 54.5 cm³/mol. The molecule has 3 atom stereocenters. The minimum Gasteiger partial charge on any atom is -0.449 e. The van der Waals surface area contributed by atoms with Gasteiger partial charge in [-0.05, 0) is 23.3 Å². The molecule has 1 aromatic heterocycles. The zero-order valence-corrected chi connectivity index (χ0v) is 8.40. The van der Waals surface area contributed by atoms with E-state index in [9.17, 15) is 0 Å². The third-order valence-electron chi connectivity index (χ3n) is 3.30. The Morgan fingerprint density at radius 1 is 1.36 bits per heavy atom. The first-order chi connectivity index (χ1) is 6.75. The van der Waals surface area contributed by atoms with Crippen LogP contribution in [0.1, 0.15) is 18.5 Å². The summed E-state index contributed by atoms with van der Waals surface area (Å²) in [5.74, 6) is 3.08. The van der Waals surface area contributed by atoms with Crippen LogP contribution in [0.3, 0.4) is 0 Å². The Labute approximate surface area is 83.3 Å². The molecular weight excluding hydrogens is 174 g/mol. The summed E-state index contributed by atoms with van der Waals surface area (Å²) in [7, 11) is 0. The molecule has 0 amide bonds. The van der Waals surface area contributed by atoms with Gasteiger partial charge in [-0.25, -0.2) is 4.98 Å². The van der Waals surface area contributed by atoms with Crippen molar-refractivity contribution in [3.8, 4) is 0 Å². The zero-order valence-electron chi connectivity index (χ0n) is 8.40. The van der Waals surface area contributed by atoms with Crippen LogP contribution in [0.15, 0.2) is 28.9 Å². The van der Waals surface area contributed by atoms with Gasteiger partial charge in [-0.2, -0.15) is 0 Å². The lowest BCUT2D eigenvalue weighted by Crippen LogP contribution is -1.88. The van der Waals surface area contributed by atoms with Crippen LogP contribution in [0.25, 0.3) is 5.57 Å². The number of hydrogen-bond acceptors (Lipinski definition) is 2. The van der Waals surface area contributed by atoms with Crippen LogP contribution in [0.2, 0.25) is 0 Å². The molecule has 0 aliphatic heterocycles. The van der Waals surface area contributed by atoms with E-state index in [1.807, 2.05) is 6.92 Å². The van der Waals surface area contributed by atoms with E-state index in [2.05, 4.69) is 30.1 Å². The Morgan fingerprint density at radius 3 is 2.86 bits per heavy atom. The second-order valence-corrected chi connectivity index (χ2v) is 4.25. The first-order valence-electron chi connectivity index (χ1n) is 5.08. The molecule has 1 heterocycles. The fourth-order valence-electron chi connectivity index (χ4n) is 2.24. The number of allylic oxidation sites excluding steroid dienone is 4. The molecule has 3 unspecified atom stereocenters. The molecule has 0 N–H and O–H groups in total. The van der Waals surface area contributed by atoms with Crippen LogP contribution in [0.4, 0.5) is 0 Å². The number of aryl methyl sites for hydroxylation is 1. The number of oxazole rings is 1. The monoisotopic (exact) mass is 187 g/mol. The largest absolute Gasteiger partial charge is 0.449 e. The molecule has 0 radical (unpaired) electrons. The maximum absolute atomic E-state index is 5.21. The topological polar surface area (TPSA) is 26.0 Å². The van der Waals surface area contributed by atoms with Crippen LogP contribution in [0, 0.1) is 24.7 Å². The zero-order chi connectivity index (χ0) is 9.71. The highest BCUT2D eigenvalue weighted by Gasteiger charge is 2.44. The molecule has 2 aliphatic carbocycles. The summed E-state index contributed by atoms with van der Waals surface area (Å²) in [6, 6.07) is 0. The summed E-state index contributed by atoms with van der Waals surface area (Å²) in [5.41, 5.74) is 2.18. The number of fused-ring (bicyclic) bond motifs is 1. The normalized spacial score (nSPS) is 33.9. The Hall–Kier alpha value is -1.31. The van der Waals surface area contributed by atoms with Gasteiger partial charge in [-0.3, -0.25) is 0 Å². The lowest BCUT2D eigenvalue weighted by Gasteiger charge is -2.00. The van der Waals surface area contributed by atoms with Crippen molar-refractivity contribution >= 4 is 5.57 Å². The molecule has 3 rings (SSSR count). The lowest BCUT2D eigenvalue weighted by atomic mass is 10.1. The number of hydrogen-bond donors (Lipinski definition) is 0. The number of aromatic nitrogens is 1. The third-order valence-corrected chi connectivity index (χ3v) is 3.30. The maximum Gasteiger partial charge on any atom is 0.191 e. The third kappa shape index (κ3) is 1.07. The lowest BCUT2D eigenvalue weighted by molar-refractivity contribution is 0.521. The van der Waals surface area contributed by atoms with Gasteiger partial charge in [0.1, 0.15) is 12.0 Å². The van der Waals surface area contributed by atoms with E-state index in [0.29, 0.717) is 0 Å². The van der Waals surface area contributed by atoms with Gasteiger partial charge in [0.05, 0.1) is 0 Å².